The molecule has 0 heterocycles. The van der Waals surface area contributed by atoms with Crippen LogP contribution in [0.25, 0.3) is 0 Å². The van der Waals surface area contributed by atoms with E-state index in [1.54, 1.807) is 7.11 Å². The first-order valence-corrected chi connectivity index (χ1v) is 6.22. The molecular weight excluding hydrogens is 212 g/mol. The van der Waals surface area contributed by atoms with E-state index in [1.165, 1.54) is 12.0 Å². The van der Waals surface area contributed by atoms with Crippen molar-refractivity contribution in [2.24, 2.45) is 0 Å². The summed E-state index contributed by atoms with van der Waals surface area (Å²) in [5.41, 5.74) is 1.38. The minimum absolute atomic E-state index is 0.930. The number of ether oxygens (including phenoxy) is 1. The third-order valence-corrected chi connectivity index (χ3v) is 2.91. The fourth-order valence-corrected chi connectivity index (χ4v) is 1.76. The van der Waals surface area contributed by atoms with Crippen LogP contribution in [0.5, 0.6) is 5.75 Å². The van der Waals surface area contributed by atoms with Gasteiger partial charge in [-0.25, -0.2) is 0 Å². The molecule has 3 heteroatoms. The van der Waals surface area contributed by atoms with Crippen molar-refractivity contribution in [3.05, 3.63) is 29.8 Å². The van der Waals surface area contributed by atoms with Gasteiger partial charge < -0.3 is 15.0 Å². The Morgan fingerprint density at radius 3 is 2.47 bits per heavy atom. The van der Waals surface area contributed by atoms with Crippen molar-refractivity contribution < 1.29 is 4.74 Å². The van der Waals surface area contributed by atoms with Crippen LogP contribution < -0.4 is 10.1 Å². The van der Waals surface area contributed by atoms with Crippen molar-refractivity contribution in [1.82, 2.24) is 10.2 Å². The summed E-state index contributed by atoms with van der Waals surface area (Å²) in [5, 5.41) is 3.16. The predicted molar refractivity (Wildman–Crippen MR) is 72.7 cm³/mol. The van der Waals surface area contributed by atoms with E-state index in [0.29, 0.717) is 0 Å². The van der Waals surface area contributed by atoms with Crippen LogP contribution in [0.3, 0.4) is 0 Å². The van der Waals surface area contributed by atoms with Crippen LogP contribution in [0, 0.1) is 0 Å². The molecule has 0 aliphatic rings. The van der Waals surface area contributed by atoms with Crippen molar-refractivity contribution in [2.75, 3.05) is 40.8 Å². The van der Waals surface area contributed by atoms with Gasteiger partial charge in [0.2, 0.25) is 0 Å². The number of rotatable bonds is 8. The zero-order valence-electron chi connectivity index (χ0n) is 11.2. The molecule has 0 atom stereocenters. The second kappa shape index (κ2) is 8.09. The van der Waals surface area contributed by atoms with Crippen molar-refractivity contribution in [3.63, 3.8) is 0 Å². The zero-order chi connectivity index (χ0) is 12.5. The van der Waals surface area contributed by atoms with Crippen molar-refractivity contribution in [1.29, 1.82) is 0 Å². The molecule has 0 aliphatic carbocycles. The SMILES string of the molecule is CNCCN(C)CCCc1ccc(OC)cc1. The number of likely N-dealkylation sites (N-methyl/N-ethyl adjacent to an activating group) is 2. The van der Waals surface area contributed by atoms with Gasteiger partial charge in [0.1, 0.15) is 5.75 Å². The van der Waals surface area contributed by atoms with Crippen LogP contribution in [0.2, 0.25) is 0 Å². The lowest BCUT2D eigenvalue weighted by atomic mass is 10.1. The zero-order valence-corrected chi connectivity index (χ0v) is 11.2. The average molecular weight is 236 g/mol. The normalized spacial score (nSPS) is 10.8. The molecule has 0 saturated carbocycles. The highest BCUT2D eigenvalue weighted by atomic mass is 16.5. The first kappa shape index (κ1) is 14.0. The van der Waals surface area contributed by atoms with Crippen molar-refractivity contribution in [2.45, 2.75) is 12.8 Å². The van der Waals surface area contributed by atoms with E-state index in [4.69, 9.17) is 4.74 Å². The van der Waals surface area contributed by atoms with E-state index in [9.17, 15) is 0 Å². The molecule has 0 bridgehead atoms. The Kier molecular flexibility index (Phi) is 6.67. The van der Waals surface area contributed by atoms with E-state index < -0.39 is 0 Å². The summed E-state index contributed by atoms with van der Waals surface area (Å²) >= 11 is 0. The number of methoxy groups -OCH3 is 1. The Bertz CT molecular complexity index is 298. The van der Waals surface area contributed by atoms with E-state index in [-0.39, 0.29) is 0 Å². The summed E-state index contributed by atoms with van der Waals surface area (Å²) in [7, 11) is 5.86. The molecule has 0 saturated heterocycles. The maximum absolute atomic E-state index is 5.14. The molecule has 1 rings (SSSR count). The predicted octanol–water partition coefficient (Wildman–Crippen LogP) is 1.78. The van der Waals surface area contributed by atoms with Gasteiger partial charge in [-0.15, -0.1) is 0 Å². The lowest BCUT2D eigenvalue weighted by Gasteiger charge is -2.15. The molecule has 0 unspecified atom stereocenters. The summed E-state index contributed by atoms with van der Waals surface area (Å²) < 4.78 is 5.14. The molecule has 0 spiro atoms. The van der Waals surface area contributed by atoms with Crippen LogP contribution >= 0.6 is 0 Å². The van der Waals surface area contributed by atoms with Gasteiger partial charge in [0.25, 0.3) is 0 Å². The lowest BCUT2D eigenvalue weighted by Crippen LogP contribution is -2.28. The Balaban J connectivity index is 2.21. The van der Waals surface area contributed by atoms with Crippen LogP contribution in [-0.4, -0.2) is 45.7 Å². The molecule has 96 valence electrons. The number of nitrogens with one attached hydrogen (secondary N) is 1. The molecular formula is C14H24N2O. The monoisotopic (exact) mass is 236 g/mol. The average Bonchev–Trinajstić information content (AvgIpc) is 2.37. The summed E-state index contributed by atoms with van der Waals surface area (Å²) in [6.07, 6.45) is 2.33. The Morgan fingerprint density at radius 2 is 1.88 bits per heavy atom. The van der Waals surface area contributed by atoms with Gasteiger partial charge in [-0.3, -0.25) is 0 Å². The first-order chi connectivity index (χ1) is 8.26. The van der Waals surface area contributed by atoms with Crippen LogP contribution in [0.15, 0.2) is 24.3 Å². The Morgan fingerprint density at radius 1 is 1.18 bits per heavy atom. The standard InChI is InChI=1S/C14H24N2O/c1-15-10-12-16(2)11-4-5-13-6-8-14(17-3)9-7-13/h6-9,15H,4-5,10-12H2,1-3H3. The highest BCUT2D eigenvalue weighted by molar-refractivity contribution is 5.27. The topological polar surface area (TPSA) is 24.5 Å². The third-order valence-electron chi connectivity index (χ3n) is 2.91. The minimum Gasteiger partial charge on any atom is -0.497 e. The molecule has 1 aromatic carbocycles. The number of benzene rings is 1. The fourth-order valence-electron chi connectivity index (χ4n) is 1.76. The molecule has 0 fully saturated rings. The number of hydrogen-bond donors (Lipinski definition) is 1. The lowest BCUT2D eigenvalue weighted by molar-refractivity contribution is 0.330. The van der Waals surface area contributed by atoms with Gasteiger partial charge in [-0.2, -0.15) is 0 Å². The second-order valence-electron chi connectivity index (χ2n) is 4.36. The summed E-state index contributed by atoms with van der Waals surface area (Å²) in [6.45, 7) is 3.31. The molecule has 0 radical (unpaired) electrons. The largest absolute Gasteiger partial charge is 0.497 e. The molecule has 0 amide bonds. The van der Waals surface area contributed by atoms with E-state index in [1.807, 2.05) is 19.2 Å². The quantitative estimate of drug-likeness (QED) is 0.744. The van der Waals surface area contributed by atoms with Gasteiger partial charge in [0.15, 0.2) is 0 Å². The van der Waals surface area contributed by atoms with E-state index in [0.717, 1.165) is 31.8 Å². The maximum Gasteiger partial charge on any atom is 0.118 e. The van der Waals surface area contributed by atoms with E-state index in [2.05, 4.69) is 29.4 Å². The highest BCUT2D eigenvalue weighted by Crippen LogP contribution is 2.12. The second-order valence-corrected chi connectivity index (χ2v) is 4.36. The van der Waals surface area contributed by atoms with Gasteiger partial charge >= 0.3 is 0 Å². The highest BCUT2D eigenvalue weighted by Gasteiger charge is 1.98. The van der Waals surface area contributed by atoms with Crippen molar-refractivity contribution >= 4 is 0 Å². The van der Waals surface area contributed by atoms with Gasteiger partial charge in [0, 0.05) is 13.1 Å². The molecule has 17 heavy (non-hydrogen) atoms. The van der Waals surface area contributed by atoms with Crippen LogP contribution in [-0.2, 0) is 6.42 Å². The Labute approximate surface area is 105 Å². The summed E-state index contributed by atoms with van der Waals surface area (Å²) in [6, 6.07) is 8.35. The number of hydrogen-bond acceptors (Lipinski definition) is 3. The van der Waals surface area contributed by atoms with Crippen molar-refractivity contribution in [3.8, 4) is 5.75 Å². The maximum atomic E-state index is 5.14. The van der Waals surface area contributed by atoms with Crippen LogP contribution in [0.1, 0.15) is 12.0 Å². The molecule has 3 nitrogen and oxygen atoms in total. The number of aryl methyl sites for hydroxylation is 1. The molecule has 0 aromatic heterocycles. The van der Waals surface area contributed by atoms with Gasteiger partial charge in [-0.05, 0) is 51.2 Å². The molecule has 1 aromatic rings. The van der Waals surface area contributed by atoms with Crippen LogP contribution in [0.4, 0.5) is 0 Å². The Hall–Kier alpha value is -1.06. The smallest absolute Gasteiger partial charge is 0.118 e. The fraction of sp³-hybridized carbons (Fsp3) is 0.571. The van der Waals surface area contributed by atoms with Gasteiger partial charge in [-0.1, -0.05) is 12.1 Å². The molecule has 0 aliphatic heterocycles. The minimum atomic E-state index is 0.930. The first-order valence-electron chi connectivity index (χ1n) is 6.22. The van der Waals surface area contributed by atoms with Gasteiger partial charge in [0.05, 0.1) is 7.11 Å². The molecule has 1 N–H and O–H groups in total. The summed E-state index contributed by atoms with van der Waals surface area (Å²) in [5.74, 6) is 0.930. The summed E-state index contributed by atoms with van der Waals surface area (Å²) in [4.78, 5) is 2.36. The number of nitrogens with zero attached hydrogens (tertiary/aromatic N) is 1. The third kappa shape index (κ3) is 5.71. The van der Waals surface area contributed by atoms with E-state index >= 15 is 0 Å².